The Bertz CT molecular complexity index is 979. The van der Waals surface area contributed by atoms with E-state index in [2.05, 4.69) is 16.3 Å². The minimum Gasteiger partial charge on any atom is -0.494 e. The van der Waals surface area contributed by atoms with Gasteiger partial charge in [0.2, 0.25) is 0 Å². The summed E-state index contributed by atoms with van der Waals surface area (Å²) in [6.45, 7) is 6.35. The van der Waals surface area contributed by atoms with Crippen LogP contribution in [0.25, 0.3) is 0 Å². The molecular weight excluding hydrogens is 371 g/mol. The molecule has 0 atom stereocenters. The summed E-state index contributed by atoms with van der Waals surface area (Å²) in [5.74, 6) is 0.165. The van der Waals surface area contributed by atoms with Gasteiger partial charge in [0.15, 0.2) is 11.6 Å². The van der Waals surface area contributed by atoms with Gasteiger partial charge in [0.1, 0.15) is 5.75 Å². The second-order valence-corrected chi connectivity index (χ2v) is 6.68. The van der Waals surface area contributed by atoms with Gasteiger partial charge in [0, 0.05) is 24.0 Å². The fraction of sp³-hybridized carbons (Fsp3) is 0.273. The van der Waals surface area contributed by atoms with Crippen LogP contribution in [0.4, 0.5) is 15.8 Å². The molecule has 0 aliphatic rings. The lowest BCUT2D eigenvalue weighted by molar-refractivity contribution is 0.229. The molecular formula is C22H23FN4O2. The van der Waals surface area contributed by atoms with E-state index in [4.69, 9.17) is 14.7 Å². The minimum atomic E-state index is -0.481. The SMILES string of the molecule is CCOc1cc(OC(C)C)c(F)c(N(Cc2ccn[nH]2)c2ccc(C#N)cc2)c1. The van der Waals surface area contributed by atoms with Crippen LogP contribution in [0.5, 0.6) is 11.5 Å². The van der Waals surface area contributed by atoms with E-state index < -0.39 is 5.82 Å². The Morgan fingerprint density at radius 1 is 1.21 bits per heavy atom. The Morgan fingerprint density at radius 3 is 2.55 bits per heavy atom. The predicted molar refractivity (Wildman–Crippen MR) is 109 cm³/mol. The van der Waals surface area contributed by atoms with Gasteiger partial charge in [-0.25, -0.2) is 4.39 Å². The van der Waals surface area contributed by atoms with Gasteiger partial charge < -0.3 is 14.4 Å². The summed E-state index contributed by atoms with van der Waals surface area (Å²) in [6.07, 6.45) is 1.46. The monoisotopic (exact) mass is 394 g/mol. The number of benzene rings is 2. The van der Waals surface area contributed by atoms with Crippen LogP contribution in [0, 0.1) is 17.1 Å². The quantitative estimate of drug-likeness (QED) is 0.585. The first-order chi connectivity index (χ1) is 14.0. The summed E-state index contributed by atoms with van der Waals surface area (Å²) in [7, 11) is 0. The average molecular weight is 394 g/mol. The van der Waals surface area contributed by atoms with Gasteiger partial charge in [0.05, 0.1) is 42.3 Å². The van der Waals surface area contributed by atoms with Crippen molar-refractivity contribution in [1.82, 2.24) is 10.2 Å². The molecule has 0 fully saturated rings. The molecule has 1 N–H and O–H groups in total. The topological polar surface area (TPSA) is 74.2 Å². The number of anilines is 2. The third-order valence-electron chi connectivity index (χ3n) is 4.15. The zero-order valence-electron chi connectivity index (χ0n) is 16.6. The van der Waals surface area contributed by atoms with E-state index in [-0.39, 0.29) is 11.9 Å². The van der Waals surface area contributed by atoms with Crippen molar-refractivity contribution in [2.75, 3.05) is 11.5 Å². The summed E-state index contributed by atoms with van der Waals surface area (Å²) < 4.78 is 26.8. The maximum atomic E-state index is 15.5. The maximum absolute atomic E-state index is 15.5. The molecule has 7 heteroatoms. The van der Waals surface area contributed by atoms with Crippen molar-refractivity contribution in [2.24, 2.45) is 0 Å². The van der Waals surface area contributed by atoms with Gasteiger partial charge in [-0.15, -0.1) is 0 Å². The standard InChI is InChI=1S/C22H23FN4O2/c1-4-28-19-11-20(22(23)21(12-19)29-15(2)3)27(14-17-9-10-25-26-17)18-7-5-16(13-24)6-8-18/h5-12,15H,4,14H2,1-3H3,(H,25,26). The maximum Gasteiger partial charge on any atom is 0.188 e. The second kappa shape index (κ2) is 9.11. The Kier molecular flexibility index (Phi) is 6.35. The Morgan fingerprint density at radius 2 is 1.97 bits per heavy atom. The van der Waals surface area contributed by atoms with Gasteiger partial charge in [0.25, 0.3) is 0 Å². The molecule has 0 radical (unpaired) electrons. The molecule has 3 rings (SSSR count). The zero-order chi connectivity index (χ0) is 20.8. The zero-order valence-corrected chi connectivity index (χ0v) is 16.6. The first kappa shape index (κ1) is 20.2. The number of hydrogen-bond donors (Lipinski definition) is 1. The van der Waals surface area contributed by atoms with Crippen molar-refractivity contribution >= 4 is 11.4 Å². The predicted octanol–water partition coefficient (Wildman–Crippen LogP) is 4.94. The van der Waals surface area contributed by atoms with Crippen molar-refractivity contribution in [3.05, 3.63) is 65.7 Å². The molecule has 29 heavy (non-hydrogen) atoms. The molecule has 0 unspecified atom stereocenters. The molecule has 0 amide bonds. The number of rotatable bonds is 8. The Labute approximate surface area is 169 Å². The third-order valence-corrected chi connectivity index (χ3v) is 4.15. The van der Waals surface area contributed by atoms with E-state index in [0.717, 1.165) is 11.4 Å². The summed E-state index contributed by atoms with van der Waals surface area (Å²) in [6, 6.07) is 14.1. The number of nitrogens with one attached hydrogen (secondary N) is 1. The van der Waals surface area contributed by atoms with Crippen molar-refractivity contribution in [3.63, 3.8) is 0 Å². The smallest absolute Gasteiger partial charge is 0.188 e. The van der Waals surface area contributed by atoms with Crippen LogP contribution in [-0.2, 0) is 6.54 Å². The molecule has 1 aromatic heterocycles. The Balaban J connectivity index is 2.12. The van der Waals surface area contributed by atoms with E-state index in [1.807, 2.05) is 26.8 Å². The summed E-state index contributed by atoms with van der Waals surface area (Å²) in [5.41, 5.74) is 2.37. The molecule has 0 saturated carbocycles. The number of aromatic nitrogens is 2. The van der Waals surface area contributed by atoms with Crippen LogP contribution < -0.4 is 14.4 Å². The summed E-state index contributed by atoms with van der Waals surface area (Å²) in [4.78, 5) is 1.79. The minimum absolute atomic E-state index is 0.129. The Hall–Kier alpha value is -3.53. The summed E-state index contributed by atoms with van der Waals surface area (Å²) in [5, 5.41) is 16.0. The molecule has 0 spiro atoms. The summed E-state index contributed by atoms with van der Waals surface area (Å²) >= 11 is 0. The van der Waals surface area contributed by atoms with Gasteiger partial charge >= 0.3 is 0 Å². The number of nitriles is 1. The fourth-order valence-corrected chi connectivity index (χ4v) is 2.92. The van der Waals surface area contributed by atoms with Crippen LogP contribution in [-0.4, -0.2) is 22.9 Å². The molecule has 2 aromatic carbocycles. The van der Waals surface area contributed by atoms with Gasteiger partial charge in [-0.1, -0.05) is 0 Å². The van der Waals surface area contributed by atoms with Crippen molar-refractivity contribution in [1.29, 1.82) is 5.26 Å². The number of hydrogen-bond acceptors (Lipinski definition) is 5. The number of H-pyrrole nitrogens is 1. The number of aromatic amines is 1. The normalized spacial score (nSPS) is 10.6. The largest absolute Gasteiger partial charge is 0.494 e. The van der Waals surface area contributed by atoms with E-state index in [1.54, 1.807) is 47.5 Å². The van der Waals surface area contributed by atoms with E-state index >= 15 is 4.39 Å². The lowest BCUT2D eigenvalue weighted by atomic mass is 10.1. The molecule has 6 nitrogen and oxygen atoms in total. The molecule has 150 valence electrons. The van der Waals surface area contributed by atoms with E-state index in [9.17, 15) is 0 Å². The molecule has 3 aromatic rings. The highest BCUT2D eigenvalue weighted by atomic mass is 19.1. The molecule has 1 heterocycles. The lowest BCUT2D eigenvalue weighted by Gasteiger charge is -2.26. The van der Waals surface area contributed by atoms with E-state index in [1.165, 1.54) is 0 Å². The van der Waals surface area contributed by atoms with Gasteiger partial charge in [-0.3, -0.25) is 5.10 Å². The second-order valence-electron chi connectivity index (χ2n) is 6.68. The van der Waals surface area contributed by atoms with Crippen molar-refractivity contribution in [3.8, 4) is 17.6 Å². The van der Waals surface area contributed by atoms with Crippen molar-refractivity contribution in [2.45, 2.75) is 33.4 Å². The van der Waals surface area contributed by atoms with Gasteiger partial charge in [-0.2, -0.15) is 10.4 Å². The third kappa shape index (κ3) is 4.85. The number of halogens is 1. The van der Waals surface area contributed by atoms with E-state index in [0.29, 0.717) is 30.2 Å². The van der Waals surface area contributed by atoms with Crippen LogP contribution in [0.1, 0.15) is 32.0 Å². The average Bonchev–Trinajstić information content (AvgIpc) is 3.22. The van der Waals surface area contributed by atoms with Crippen LogP contribution in [0.3, 0.4) is 0 Å². The first-order valence-electron chi connectivity index (χ1n) is 9.40. The van der Waals surface area contributed by atoms with Crippen molar-refractivity contribution < 1.29 is 13.9 Å². The van der Waals surface area contributed by atoms with Crippen LogP contribution >= 0.6 is 0 Å². The number of nitrogens with zero attached hydrogens (tertiary/aromatic N) is 3. The lowest BCUT2D eigenvalue weighted by Crippen LogP contribution is -2.19. The first-order valence-corrected chi connectivity index (χ1v) is 9.40. The van der Waals surface area contributed by atoms with Crippen LogP contribution in [0.15, 0.2) is 48.7 Å². The highest BCUT2D eigenvalue weighted by Gasteiger charge is 2.21. The fourth-order valence-electron chi connectivity index (χ4n) is 2.92. The highest BCUT2D eigenvalue weighted by molar-refractivity contribution is 5.68. The molecule has 0 bridgehead atoms. The van der Waals surface area contributed by atoms with Crippen LogP contribution in [0.2, 0.25) is 0 Å². The molecule has 0 saturated heterocycles. The highest BCUT2D eigenvalue weighted by Crippen LogP contribution is 2.38. The molecule has 0 aliphatic heterocycles. The number of ether oxygens (including phenoxy) is 2. The molecule has 0 aliphatic carbocycles. The van der Waals surface area contributed by atoms with Gasteiger partial charge in [-0.05, 0) is 51.1 Å².